The minimum absolute atomic E-state index is 0.182. The van der Waals surface area contributed by atoms with E-state index in [1.165, 1.54) is 108 Å². The van der Waals surface area contributed by atoms with E-state index in [1.807, 2.05) is 0 Å². The predicted molar refractivity (Wildman–Crippen MR) is 125 cm³/mol. The zero-order valence-corrected chi connectivity index (χ0v) is 19.8. The Kier molecular flexibility index (Phi) is 17.3. The Morgan fingerprint density at radius 2 is 1.11 bits per heavy atom. The van der Waals surface area contributed by atoms with E-state index in [9.17, 15) is 0 Å². The van der Waals surface area contributed by atoms with Gasteiger partial charge in [-0.25, -0.2) is 0 Å². The lowest BCUT2D eigenvalue weighted by Gasteiger charge is -2.29. The molecule has 0 saturated carbocycles. The van der Waals surface area contributed by atoms with Crippen LogP contribution in [0.5, 0.6) is 0 Å². The number of allylic oxidation sites excluding steroid dienone is 1. The molecule has 1 heteroatoms. The summed E-state index contributed by atoms with van der Waals surface area (Å²) < 4.78 is 0. The Hall–Kier alpha value is -0.460. The van der Waals surface area contributed by atoms with Crippen molar-refractivity contribution in [3.05, 3.63) is 12.3 Å². The first kappa shape index (κ1) is 26.5. The molecule has 0 aliphatic heterocycles. The van der Waals surface area contributed by atoms with Crippen molar-refractivity contribution in [3.8, 4) is 0 Å². The Labute approximate surface area is 173 Å². The molecule has 0 bridgehead atoms. The third-order valence-corrected chi connectivity index (χ3v) is 6.12. The summed E-state index contributed by atoms with van der Waals surface area (Å²) in [5, 5.41) is 3.68. The van der Waals surface area contributed by atoms with E-state index in [-0.39, 0.29) is 5.54 Å². The Bertz CT molecular complexity index is 331. The van der Waals surface area contributed by atoms with Gasteiger partial charge >= 0.3 is 0 Å². The van der Waals surface area contributed by atoms with E-state index in [4.69, 9.17) is 0 Å². The molecule has 0 radical (unpaired) electrons. The second-order valence-corrected chi connectivity index (χ2v) is 9.50. The largest absolute Gasteiger partial charge is 0.384 e. The van der Waals surface area contributed by atoms with Gasteiger partial charge in [0.15, 0.2) is 0 Å². The van der Waals surface area contributed by atoms with Crippen LogP contribution in [0.2, 0.25) is 0 Å². The van der Waals surface area contributed by atoms with E-state index >= 15 is 0 Å². The molecule has 0 aromatic heterocycles. The molecule has 0 aromatic carbocycles. The molecule has 1 atom stereocenters. The van der Waals surface area contributed by atoms with Crippen molar-refractivity contribution < 1.29 is 0 Å². The molecule has 0 amide bonds. The first-order valence-corrected chi connectivity index (χ1v) is 12.4. The first-order chi connectivity index (χ1) is 12.9. The lowest BCUT2D eigenvalue weighted by Crippen LogP contribution is -2.37. The van der Waals surface area contributed by atoms with Crippen molar-refractivity contribution >= 4 is 0 Å². The molecule has 27 heavy (non-hydrogen) atoms. The van der Waals surface area contributed by atoms with Crippen LogP contribution in [-0.4, -0.2) is 5.54 Å². The molecule has 0 saturated heterocycles. The normalized spacial score (nSPS) is 12.9. The number of rotatable bonds is 20. The summed E-state index contributed by atoms with van der Waals surface area (Å²) in [4.78, 5) is 0. The molecule has 0 fully saturated rings. The van der Waals surface area contributed by atoms with Crippen molar-refractivity contribution in [2.45, 2.75) is 149 Å². The summed E-state index contributed by atoms with van der Waals surface area (Å²) in [6.07, 6.45) is 23.5. The van der Waals surface area contributed by atoms with Gasteiger partial charge in [0.25, 0.3) is 0 Å². The highest BCUT2D eigenvalue weighted by Crippen LogP contribution is 2.25. The average Bonchev–Trinajstić information content (AvgIpc) is 2.63. The summed E-state index contributed by atoms with van der Waals surface area (Å²) in [7, 11) is 0. The van der Waals surface area contributed by atoms with Crippen molar-refractivity contribution in [1.29, 1.82) is 0 Å². The fourth-order valence-corrected chi connectivity index (χ4v) is 3.92. The topological polar surface area (TPSA) is 12.0 Å². The zero-order chi connectivity index (χ0) is 20.4. The number of unbranched alkanes of at least 4 members (excludes halogenated alkanes) is 11. The number of hydrogen-bond donors (Lipinski definition) is 1. The maximum atomic E-state index is 4.35. The van der Waals surface area contributed by atoms with E-state index < -0.39 is 0 Å². The SMILES string of the molecule is C=C(CC(CCCCCC)CCCCCCCCCCC)NC(C)(C)CC. The molecular formula is C26H53N. The van der Waals surface area contributed by atoms with Crippen LogP contribution in [0.4, 0.5) is 0 Å². The van der Waals surface area contributed by atoms with Gasteiger partial charge in [0.1, 0.15) is 0 Å². The smallest absolute Gasteiger partial charge is 0.0311 e. The molecular weight excluding hydrogens is 326 g/mol. The number of nitrogens with one attached hydrogen (secondary N) is 1. The highest BCUT2D eigenvalue weighted by Gasteiger charge is 2.17. The van der Waals surface area contributed by atoms with E-state index in [0.717, 1.165) is 12.3 Å². The van der Waals surface area contributed by atoms with Crippen molar-refractivity contribution in [3.63, 3.8) is 0 Å². The average molecular weight is 380 g/mol. The molecule has 1 N–H and O–H groups in total. The van der Waals surface area contributed by atoms with Crippen LogP contribution in [0.1, 0.15) is 144 Å². The molecule has 0 aliphatic carbocycles. The molecule has 1 unspecified atom stereocenters. The molecule has 0 heterocycles. The lowest BCUT2D eigenvalue weighted by atomic mass is 9.90. The van der Waals surface area contributed by atoms with Crippen LogP contribution in [0.15, 0.2) is 12.3 Å². The van der Waals surface area contributed by atoms with Crippen molar-refractivity contribution in [2.24, 2.45) is 5.92 Å². The Morgan fingerprint density at radius 1 is 0.704 bits per heavy atom. The van der Waals surface area contributed by atoms with E-state index in [1.54, 1.807) is 0 Å². The summed E-state index contributed by atoms with van der Waals surface area (Å²) >= 11 is 0. The summed E-state index contributed by atoms with van der Waals surface area (Å²) in [6.45, 7) is 15.8. The fourth-order valence-electron chi connectivity index (χ4n) is 3.92. The predicted octanol–water partition coefficient (Wildman–Crippen LogP) is 9.18. The van der Waals surface area contributed by atoms with Crippen LogP contribution in [0.25, 0.3) is 0 Å². The monoisotopic (exact) mass is 379 g/mol. The van der Waals surface area contributed by atoms with Crippen molar-refractivity contribution in [1.82, 2.24) is 5.32 Å². The van der Waals surface area contributed by atoms with Gasteiger partial charge in [-0.2, -0.15) is 0 Å². The highest BCUT2D eigenvalue weighted by atomic mass is 15.0. The van der Waals surface area contributed by atoms with Gasteiger partial charge in [-0.15, -0.1) is 0 Å². The molecule has 0 aromatic rings. The van der Waals surface area contributed by atoms with Crippen LogP contribution in [0, 0.1) is 5.92 Å². The maximum Gasteiger partial charge on any atom is 0.0311 e. The minimum atomic E-state index is 0.182. The van der Waals surface area contributed by atoms with Crippen LogP contribution < -0.4 is 5.32 Å². The summed E-state index contributed by atoms with van der Waals surface area (Å²) in [6, 6.07) is 0. The second kappa shape index (κ2) is 17.6. The quantitative estimate of drug-likeness (QED) is 0.208. The third kappa shape index (κ3) is 17.4. The zero-order valence-electron chi connectivity index (χ0n) is 19.8. The fraction of sp³-hybridized carbons (Fsp3) is 0.923. The summed E-state index contributed by atoms with van der Waals surface area (Å²) in [5.41, 5.74) is 1.44. The Balaban J connectivity index is 4.06. The van der Waals surface area contributed by atoms with Gasteiger partial charge in [-0.1, -0.05) is 124 Å². The van der Waals surface area contributed by atoms with Crippen LogP contribution in [0.3, 0.4) is 0 Å². The van der Waals surface area contributed by atoms with Gasteiger partial charge in [0, 0.05) is 11.2 Å². The molecule has 162 valence electrons. The van der Waals surface area contributed by atoms with E-state index in [0.29, 0.717) is 0 Å². The van der Waals surface area contributed by atoms with Gasteiger partial charge in [-0.05, 0) is 32.6 Å². The Morgan fingerprint density at radius 3 is 1.56 bits per heavy atom. The highest BCUT2D eigenvalue weighted by molar-refractivity contribution is 4.98. The van der Waals surface area contributed by atoms with Gasteiger partial charge in [-0.3, -0.25) is 0 Å². The van der Waals surface area contributed by atoms with Crippen LogP contribution in [-0.2, 0) is 0 Å². The molecule has 0 rings (SSSR count). The standard InChI is InChI=1S/C26H53N/c1-7-10-12-14-15-16-17-18-20-22-25(21-19-13-11-8-2)23-24(4)27-26(5,6)9-3/h25,27H,4,7-23H2,1-3,5-6H3. The van der Waals surface area contributed by atoms with E-state index in [2.05, 4.69) is 46.5 Å². The molecule has 0 spiro atoms. The number of hydrogen-bond acceptors (Lipinski definition) is 1. The van der Waals surface area contributed by atoms with Gasteiger partial charge in [0.05, 0.1) is 0 Å². The van der Waals surface area contributed by atoms with Gasteiger partial charge < -0.3 is 5.32 Å². The second-order valence-electron chi connectivity index (χ2n) is 9.50. The first-order valence-electron chi connectivity index (χ1n) is 12.4. The molecule has 0 aliphatic rings. The minimum Gasteiger partial charge on any atom is -0.384 e. The van der Waals surface area contributed by atoms with Crippen molar-refractivity contribution in [2.75, 3.05) is 0 Å². The van der Waals surface area contributed by atoms with Crippen LogP contribution >= 0.6 is 0 Å². The maximum absolute atomic E-state index is 4.35. The molecule has 1 nitrogen and oxygen atoms in total. The third-order valence-electron chi connectivity index (χ3n) is 6.12. The van der Waals surface area contributed by atoms with Gasteiger partial charge in [0.2, 0.25) is 0 Å². The lowest BCUT2D eigenvalue weighted by molar-refractivity contribution is 0.362. The summed E-state index contributed by atoms with van der Waals surface area (Å²) in [5.74, 6) is 0.832.